The summed E-state index contributed by atoms with van der Waals surface area (Å²) in [6.45, 7) is 1.70. The number of methoxy groups -OCH3 is 1. The fraction of sp³-hybridized carbons (Fsp3) is 0.538. The molecule has 0 aliphatic carbocycles. The molecule has 116 valence electrons. The third-order valence-electron chi connectivity index (χ3n) is 3.26. The zero-order chi connectivity index (χ0) is 15.4. The Kier molecular flexibility index (Phi) is 5.35. The highest BCUT2D eigenvalue weighted by Crippen LogP contribution is 2.39. The third kappa shape index (κ3) is 3.26. The van der Waals surface area contributed by atoms with Gasteiger partial charge in [0.15, 0.2) is 0 Å². The Balaban J connectivity index is 2.46. The number of nitrogen functional groups attached to an aromatic ring is 1. The molecule has 0 atom stereocenters. The van der Waals surface area contributed by atoms with E-state index in [1.54, 1.807) is 7.05 Å². The van der Waals surface area contributed by atoms with E-state index in [1.807, 2.05) is 11.8 Å². The quantitative estimate of drug-likeness (QED) is 0.816. The Morgan fingerprint density at radius 1 is 1.33 bits per heavy atom. The van der Waals surface area contributed by atoms with E-state index in [1.165, 1.54) is 18.4 Å². The van der Waals surface area contributed by atoms with Crippen LogP contribution >= 0.6 is 23.1 Å². The number of carbonyl (C=O) groups is 2. The maximum atomic E-state index is 12.1. The molecule has 1 aromatic heterocycles. The molecule has 8 heteroatoms. The highest BCUT2D eigenvalue weighted by Gasteiger charge is 2.28. The summed E-state index contributed by atoms with van der Waals surface area (Å²) < 4.78 is 4.75. The minimum atomic E-state index is -0.502. The molecule has 1 aliphatic rings. The van der Waals surface area contributed by atoms with Crippen molar-refractivity contribution in [3.05, 3.63) is 10.4 Å². The number of hydrogen-bond acceptors (Lipinski definition) is 7. The van der Waals surface area contributed by atoms with Gasteiger partial charge in [-0.05, 0) is 12.2 Å². The highest BCUT2D eigenvalue weighted by atomic mass is 32.2. The maximum absolute atomic E-state index is 12.1. The summed E-state index contributed by atoms with van der Waals surface area (Å²) >= 11 is 3.13. The molecular formula is C13H19N3O3S2. The first-order valence-corrected chi connectivity index (χ1v) is 8.62. The number of nitrogens with two attached hydrogens (primary N) is 1. The molecule has 0 unspecified atom stereocenters. The zero-order valence-electron chi connectivity index (χ0n) is 12.1. The average Bonchev–Trinajstić information content (AvgIpc) is 2.69. The molecule has 1 aliphatic heterocycles. The van der Waals surface area contributed by atoms with Gasteiger partial charge in [-0.2, -0.15) is 11.8 Å². The van der Waals surface area contributed by atoms with Gasteiger partial charge < -0.3 is 20.7 Å². The van der Waals surface area contributed by atoms with Crippen LogP contribution in [0.2, 0.25) is 0 Å². The topological polar surface area (TPSA) is 84.7 Å². The van der Waals surface area contributed by atoms with Gasteiger partial charge in [0, 0.05) is 25.9 Å². The largest absolute Gasteiger partial charge is 0.465 e. The van der Waals surface area contributed by atoms with Crippen LogP contribution in [0.5, 0.6) is 0 Å². The molecule has 1 amide bonds. The van der Waals surface area contributed by atoms with Gasteiger partial charge in [-0.25, -0.2) is 4.79 Å². The fourth-order valence-electron chi connectivity index (χ4n) is 2.19. The summed E-state index contributed by atoms with van der Waals surface area (Å²) in [5.41, 5.74) is 6.61. The number of amides is 1. The van der Waals surface area contributed by atoms with E-state index in [0.29, 0.717) is 10.4 Å². The molecular weight excluding hydrogens is 310 g/mol. The molecule has 21 heavy (non-hydrogen) atoms. The summed E-state index contributed by atoms with van der Waals surface area (Å²) in [5, 5.41) is 3.35. The highest BCUT2D eigenvalue weighted by molar-refractivity contribution is 7.99. The van der Waals surface area contributed by atoms with Crippen molar-refractivity contribution in [3.63, 3.8) is 0 Å². The van der Waals surface area contributed by atoms with Crippen molar-refractivity contribution in [2.24, 2.45) is 0 Å². The fourth-order valence-corrected chi connectivity index (χ4v) is 4.27. The standard InChI is InChI=1S/C13H19N3O3S2/c1-15-11(17)8-9(14)10(13(18)19-2)21-12(8)16-4-3-6-20-7-5-16/h3-7,14H2,1-2H3,(H,15,17). The van der Waals surface area contributed by atoms with Gasteiger partial charge in [0.25, 0.3) is 5.91 Å². The van der Waals surface area contributed by atoms with Gasteiger partial charge in [0.05, 0.1) is 18.4 Å². The van der Waals surface area contributed by atoms with Gasteiger partial charge in [-0.15, -0.1) is 11.3 Å². The molecule has 0 spiro atoms. The number of ether oxygens (including phenoxy) is 1. The molecule has 1 saturated heterocycles. The van der Waals surface area contributed by atoms with Crippen molar-refractivity contribution < 1.29 is 14.3 Å². The van der Waals surface area contributed by atoms with E-state index < -0.39 is 5.97 Å². The number of nitrogens with one attached hydrogen (secondary N) is 1. The number of carbonyl (C=O) groups excluding carboxylic acids is 2. The molecule has 6 nitrogen and oxygen atoms in total. The van der Waals surface area contributed by atoms with E-state index in [4.69, 9.17) is 10.5 Å². The second-order valence-electron chi connectivity index (χ2n) is 4.55. The zero-order valence-corrected chi connectivity index (χ0v) is 13.7. The normalized spacial score (nSPS) is 15.4. The lowest BCUT2D eigenvalue weighted by Gasteiger charge is -2.21. The van der Waals surface area contributed by atoms with E-state index in [-0.39, 0.29) is 11.6 Å². The van der Waals surface area contributed by atoms with Crippen LogP contribution in [0.1, 0.15) is 26.5 Å². The van der Waals surface area contributed by atoms with Crippen LogP contribution in [-0.2, 0) is 4.74 Å². The van der Waals surface area contributed by atoms with Gasteiger partial charge in [-0.1, -0.05) is 0 Å². The molecule has 3 N–H and O–H groups in total. The number of nitrogens with zero attached hydrogens (tertiary/aromatic N) is 1. The minimum absolute atomic E-state index is 0.207. The van der Waals surface area contributed by atoms with Crippen LogP contribution in [0.4, 0.5) is 10.7 Å². The monoisotopic (exact) mass is 329 g/mol. The summed E-state index contributed by atoms with van der Waals surface area (Å²) in [6.07, 6.45) is 1.04. The van der Waals surface area contributed by atoms with E-state index in [0.717, 1.165) is 36.0 Å². The lowest BCUT2D eigenvalue weighted by atomic mass is 10.2. The van der Waals surface area contributed by atoms with Crippen LogP contribution < -0.4 is 16.0 Å². The van der Waals surface area contributed by atoms with Crippen LogP contribution in [-0.4, -0.2) is 50.6 Å². The molecule has 1 fully saturated rings. The first-order valence-electron chi connectivity index (χ1n) is 6.65. The average molecular weight is 329 g/mol. The summed E-state index contributed by atoms with van der Waals surface area (Å²) in [7, 11) is 2.86. The Hall–Kier alpha value is -1.41. The van der Waals surface area contributed by atoms with Gasteiger partial charge in [0.1, 0.15) is 9.88 Å². The summed E-state index contributed by atoms with van der Waals surface area (Å²) in [5.74, 6) is 1.33. The van der Waals surface area contributed by atoms with Crippen molar-refractivity contribution in [3.8, 4) is 0 Å². The molecule has 1 aromatic rings. The second kappa shape index (κ2) is 7.04. The lowest BCUT2D eigenvalue weighted by Crippen LogP contribution is -2.28. The van der Waals surface area contributed by atoms with Gasteiger partial charge in [-0.3, -0.25) is 4.79 Å². The van der Waals surface area contributed by atoms with Crippen LogP contribution in [0.25, 0.3) is 0 Å². The summed E-state index contributed by atoms with van der Waals surface area (Å²) in [4.78, 5) is 26.4. The number of thiophene rings is 1. The van der Waals surface area contributed by atoms with Crippen LogP contribution in [0, 0.1) is 0 Å². The molecule has 2 heterocycles. The van der Waals surface area contributed by atoms with Crippen LogP contribution in [0.3, 0.4) is 0 Å². The SMILES string of the molecule is CNC(=O)c1c(N2CCCSCC2)sc(C(=O)OC)c1N. The van der Waals surface area contributed by atoms with Crippen molar-refractivity contribution in [1.82, 2.24) is 5.32 Å². The Morgan fingerprint density at radius 2 is 2.10 bits per heavy atom. The Labute approximate surface area is 132 Å². The Morgan fingerprint density at radius 3 is 2.76 bits per heavy atom. The van der Waals surface area contributed by atoms with Gasteiger partial charge >= 0.3 is 5.97 Å². The number of thioether (sulfide) groups is 1. The molecule has 0 radical (unpaired) electrons. The van der Waals surface area contributed by atoms with E-state index in [2.05, 4.69) is 10.2 Å². The van der Waals surface area contributed by atoms with Crippen LogP contribution in [0.15, 0.2) is 0 Å². The minimum Gasteiger partial charge on any atom is -0.465 e. The molecule has 0 bridgehead atoms. The predicted molar refractivity (Wildman–Crippen MR) is 87.6 cm³/mol. The molecule has 2 rings (SSSR count). The van der Waals surface area contributed by atoms with E-state index >= 15 is 0 Å². The van der Waals surface area contributed by atoms with Crippen molar-refractivity contribution >= 4 is 45.7 Å². The number of rotatable bonds is 3. The van der Waals surface area contributed by atoms with E-state index in [9.17, 15) is 9.59 Å². The third-order valence-corrected chi connectivity index (χ3v) is 5.56. The first kappa shape index (κ1) is 16.0. The lowest BCUT2D eigenvalue weighted by molar-refractivity contribution is 0.0607. The molecule has 0 aromatic carbocycles. The maximum Gasteiger partial charge on any atom is 0.350 e. The summed E-state index contributed by atoms with van der Waals surface area (Å²) in [6, 6.07) is 0. The predicted octanol–water partition coefficient (Wildman–Crippen LogP) is 1.42. The van der Waals surface area contributed by atoms with Crippen molar-refractivity contribution in [1.29, 1.82) is 0 Å². The number of anilines is 2. The van der Waals surface area contributed by atoms with Crippen molar-refractivity contribution in [2.45, 2.75) is 6.42 Å². The Bertz CT molecular complexity index is 537. The van der Waals surface area contributed by atoms with Gasteiger partial charge in [0.2, 0.25) is 0 Å². The smallest absolute Gasteiger partial charge is 0.350 e. The first-order chi connectivity index (χ1) is 10.1. The number of hydrogen-bond donors (Lipinski definition) is 2. The number of esters is 1. The van der Waals surface area contributed by atoms with Crippen molar-refractivity contribution in [2.75, 3.05) is 49.4 Å². The molecule has 0 saturated carbocycles. The second-order valence-corrected chi connectivity index (χ2v) is 6.77.